The van der Waals surface area contributed by atoms with Gasteiger partial charge >= 0.3 is 0 Å². The van der Waals surface area contributed by atoms with Crippen LogP contribution in [0.25, 0.3) is 0 Å². The fourth-order valence-electron chi connectivity index (χ4n) is 2.59. The third kappa shape index (κ3) is 3.11. The molecule has 2 heterocycles. The standard InChI is InChI=1S/C15H17BrN2O2/c16-11-4-1-3-10(7-11)8-12-9-14(18-20-12)15(19)13-5-2-6-17-13/h1,3-4,7,9,13,15,17,19H,2,5-6,8H2/t13-,15-/m0/s1. The Morgan fingerprint density at radius 1 is 1.45 bits per heavy atom. The molecule has 2 N–H and O–H groups in total. The summed E-state index contributed by atoms with van der Waals surface area (Å²) in [4.78, 5) is 0. The average molecular weight is 337 g/mol. The lowest BCUT2D eigenvalue weighted by molar-refractivity contribution is 0.128. The van der Waals surface area contributed by atoms with E-state index in [2.05, 4.69) is 32.5 Å². The largest absolute Gasteiger partial charge is 0.385 e. The molecule has 1 aliphatic rings. The summed E-state index contributed by atoms with van der Waals surface area (Å²) < 4.78 is 6.38. The summed E-state index contributed by atoms with van der Waals surface area (Å²) in [5.41, 5.74) is 1.77. The molecule has 0 bridgehead atoms. The summed E-state index contributed by atoms with van der Waals surface area (Å²) in [5, 5.41) is 17.5. The number of benzene rings is 1. The summed E-state index contributed by atoms with van der Waals surface area (Å²) in [6.45, 7) is 0.963. The fraction of sp³-hybridized carbons (Fsp3) is 0.400. The summed E-state index contributed by atoms with van der Waals surface area (Å²) in [5.74, 6) is 0.773. The van der Waals surface area contributed by atoms with E-state index in [9.17, 15) is 5.11 Å². The normalized spacial score (nSPS) is 20.2. The van der Waals surface area contributed by atoms with E-state index in [1.165, 1.54) is 0 Å². The Hall–Kier alpha value is -1.17. The molecular weight excluding hydrogens is 320 g/mol. The zero-order chi connectivity index (χ0) is 13.9. The number of aliphatic hydroxyl groups excluding tert-OH is 1. The van der Waals surface area contributed by atoms with E-state index in [-0.39, 0.29) is 6.04 Å². The topological polar surface area (TPSA) is 58.3 Å². The molecule has 0 radical (unpaired) electrons. The monoisotopic (exact) mass is 336 g/mol. The number of aliphatic hydroxyl groups is 1. The molecule has 1 saturated heterocycles. The number of rotatable bonds is 4. The molecule has 0 amide bonds. The van der Waals surface area contributed by atoms with Crippen molar-refractivity contribution < 1.29 is 9.63 Å². The van der Waals surface area contributed by atoms with E-state index in [1.807, 2.05) is 24.3 Å². The molecular formula is C15H17BrN2O2. The van der Waals surface area contributed by atoms with Gasteiger partial charge in [-0.3, -0.25) is 0 Å². The van der Waals surface area contributed by atoms with Crippen LogP contribution in [-0.2, 0) is 6.42 Å². The first-order valence-corrected chi connectivity index (χ1v) is 7.63. The van der Waals surface area contributed by atoms with Gasteiger partial charge in [0, 0.05) is 23.0 Å². The molecule has 5 heteroatoms. The van der Waals surface area contributed by atoms with Crippen LogP contribution in [0.15, 0.2) is 39.3 Å². The minimum absolute atomic E-state index is 0.0961. The first-order valence-electron chi connectivity index (χ1n) is 6.84. The van der Waals surface area contributed by atoms with Crippen LogP contribution in [0.5, 0.6) is 0 Å². The molecule has 20 heavy (non-hydrogen) atoms. The van der Waals surface area contributed by atoms with Gasteiger partial charge in [0.25, 0.3) is 0 Å². The summed E-state index contributed by atoms with van der Waals surface area (Å²) in [6, 6.07) is 10.0. The van der Waals surface area contributed by atoms with Gasteiger partial charge in [0.05, 0.1) is 0 Å². The van der Waals surface area contributed by atoms with Crippen molar-refractivity contribution in [3.05, 3.63) is 51.8 Å². The van der Waals surface area contributed by atoms with Gasteiger partial charge in [-0.25, -0.2) is 0 Å². The maximum Gasteiger partial charge on any atom is 0.141 e. The van der Waals surface area contributed by atoms with Crippen molar-refractivity contribution in [3.63, 3.8) is 0 Å². The van der Waals surface area contributed by atoms with Gasteiger partial charge in [-0.1, -0.05) is 33.2 Å². The average Bonchev–Trinajstić information content (AvgIpc) is 3.09. The maximum atomic E-state index is 10.3. The van der Waals surface area contributed by atoms with E-state index < -0.39 is 6.10 Å². The lowest BCUT2D eigenvalue weighted by Crippen LogP contribution is -2.28. The first kappa shape index (κ1) is 13.8. The Kier molecular flexibility index (Phi) is 4.19. The van der Waals surface area contributed by atoms with E-state index in [0.29, 0.717) is 12.1 Å². The minimum atomic E-state index is -0.586. The molecule has 0 unspecified atom stereocenters. The van der Waals surface area contributed by atoms with Crippen molar-refractivity contribution in [2.75, 3.05) is 6.54 Å². The molecule has 4 nitrogen and oxygen atoms in total. The van der Waals surface area contributed by atoms with Gasteiger partial charge in [-0.2, -0.15) is 0 Å². The van der Waals surface area contributed by atoms with Gasteiger partial charge in [0.2, 0.25) is 0 Å². The molecule has 0 spiro atoms. The summed E-state index contributed by atoms with van der Waals surface area (Å²) in [7, 11) is 0. The van der Waals surface area contributed by atoms with Crippen LogP contribution in [0.3, 0.4) is 0 Å². The first-order chi connectivity index (χ1) is 9.72. The number of hydrogen-bond acceptors (Lipinski definition) is 4. The third-order valence-corrected chi connectivity index (χ3v) is 4.12. The Labute approximate surface area is 126 Å². The number of halogens is 1. The molecule has 1 aliphatic heterocycles. The number of nitrogens with zero attached hydrogens (tertiary/aromatic N) is 1. The smallest absolute Gasteiger partial charge is 0.141 e. The molecule has 2 atom stereocenters. The van der Waals surface area contributed by atoms with Crippen molar-refractivity contribution in [2.45, 2.75) is 31.4 Å². The van der Waals surface area contributed by atoms with Crippen molar-refractivity contribution in [3.8, 4) is 0 Å². The van der Waals surface area contributed by atoms with Crippen molar-refractivity contribution in [1.82, 2.24) is 10.5 Å². The van der Waals surface area contributed by atoms with Gasteiger partial charge in [0.1, 0.15) is 17.6 Å². The van der Waals surface area contributed by atoms with Crippen LogP contribution in [0.2, 0.25) is 0 Å². The second kappa shape index (κ2) is 6.08. The Balaban J connectivity index is 1.70. The van der Waals surface area contributed by atoms with Gasteiger partial charge in [-0.15, -0.1) is 0 Å². The zero-order valence-corrected chi connectivity index (χ0v) is 12.6. The van der Waals surface area contributed by atoms with E-state index >= 15 is 0 Å². The number of nitrogens with one attached hydrogen (secondary N) is 1. The highest BCUT2D eigenvalue weighted by Gasteiger charge is 2.26. The Morgan fingerprint density at radius 2 is 2.35 bits per heavy atom. The SMILES string of the molecule is O[C@H](c1cc(Cc2cccc(Br)c2)on1)[C@@H]1CCCN1. The lowest BCUT2D eigenvalue weighted by atomic mass is 10.1. The Morgan fingerprint density at radius 3 is 3.10 bits per heavy atom. The van der Waals surface area contributed by atoms with E-state index in [1.54, 1.807) is 0 Å². The molecule has 0 aliphatic carbocycles. The minimum Gasteiger partial charge on any atom is -0.385 e. The van der Waals surface area contributed by atoms with Crippen molar-refractivity contribution in [1.29, 1.82) is 0 Å². The van der Waals surface area contributed by atoms with Crippen LogP contribution in [0, 0.1) is 0 Å². The summed E-state index contributed by atoms with van der Waals surface area (Å²) >= 11 is 3.45. The zero-order valence-electron chi connectivity index (χ0n) is 11.1. The highest BCUT2D eigenvalue weighted by atomic mass is 79.9. The van der Waals surface area contributed by atoms with Gasteiger partial charge in [-0.05, 0) is 37.1 Å². The van der Waals surface area contributed by atoms with Crippen LogP contribution in [-0.4, -0.2) is 22.8 Å². The highest BCUT2D eigenvalue weighted by Crippen LogP contribution is 2.24. The molecule has 1 aromatic carbocycles. The number of aromatic nitrogens is 1. The third-order valence-electron chi connectivity index (χ3n) is 3.63. The Bertz CT molecular complexity index is 579. The second-order valence-corrected chi connectivity index (χ2v) is 6.09. The van der Waals surface area contributed by atoms with Crippen LogP contribution < -0.4 is 5.32 Å². The molecule has 1 aromatic heterocycles. The second-order valence-electron chi connectivity index (χ2n) is 5.17. The van der Waals surface area contributed by atoms with Crippen molar-refractivity contribution in [2.24, 2.45) is 0 Å². The fourth-order valence-corrected chi connectivity index (χ4v) is 3.03. The molecule has 2 aromatic rings. The van der Waals surface area contributed by atoms with E-state index in [4.69, 9.17) is 4.52 Å². The predicted octanol–water partition coefficient (Wildman–Crippen LogP) is 2.81. The molecule has 0 saturated carbocycles. The predicted molar refractivity (Wildman–Crippen MR) is 79.4 cm³/mol. The van der Waals surface area contributed by atoms with Crippen LogP contribution in [0.1, 0.15) is 36.0 Å². The summed E-state index contributed by atoms with van der Waals surface area (Å²) in [6.07, 6.45) is 2.18. The highest BCUT2D eigenvalue weighted by molar-refractivity contribution is 9.10. The van der Waals surface area contributed by atoms with Crippen LogP contribution in [0.4, 0.5) is 0 Å². The molecule has 106 valence electrons. The molecule has 1 fully saturated rings. The lowest BCUT2D eigenvalue weighted by Gasteiger charge is -2.14. The molecule has 3 rings (SSSR count). The van der Waals surface area contributed by atoms with Gasteiger partial charge in [0.15, 0.2) is 0 Å². The quantitative estimate of drug-likeness (QED) is 0.901. The van der Waals surface area contributed by atoms with Crippen LogP contribution >= 0.6 is 15.9 Å². The van der Waals surface area contributed by atoms with Crippen molar-refractivity contribution >= 4 is 15.9 Å². The van der Waals surface area contributed by atoms with E-state index in [0.717, 1.165) is 35.2 Å². The van der Waals surface area contributed by atoms with Gasteiger partial charge < -0.3 is 14.9 Å². The number of hydrogen-bond donors (Lipinski definition) is 2. The maximum absolute atomic E-state index is 10.3.